The van der Waals surface area contributed by atoms with Gasteiger partial charge in [0.2, 0.25) is 0 Å². The normalized spacial score (nSPS) is 10.9. The van der Waals surface area contributed by atoms with Crippen molar-refractivity contribution in [2.24, 2.45) is 0 Å². The number of unbranched alkanes of at least 4 members (excludes halogenated alkanes) is 6. The molecule has 0 saturated carbocycles. The van der Waals surface area contributed by atoms with Gasteiger partial charge in [-0.05, 0) is 40.0 Å². The Kier molecular flexibility index (Phi) is 12.1. The molecule has 6 nitrogen and oxygen atoms in total. The van der Waals surface area contributed by atoms with Crippen LogP contribution in [-0.4, -0.2) is 30.9 Å². The monoisotopic (exact) mass is 329 g/mol. The van der Waals surface area contributed by atoms with Gasteiger partial charge in [-0.2, -0.15) is 5.48 Å². The average Bonchev–Trinajstić information content (AvgIpc) is 2.43. The van der Waals surface area contributed by atoms with Crippen molar-refractivity contribution in [3.8, 4) is 0 Å². The SMILES string of the molecule is C=CCCCCCCCCOC(=O)CONC(=O)OC(C)(C)C. The third kappa shape index (κ3) is 16.6. The first-order valence-electron chi connectivity index (χ1n) is 8.22. The molecule has 0 bridgehead atoms. The molecule has 1 amide bonds. The standard InChI is InChI=1S/C17H31NO5/c1-5-6-7-8-9-10-11-12-13-21-15(19)14-22-18-16(20)23-17(2,3)4/h5H,1,6-14H2,2-4H3,(H,18,20). The molecule has 6 heteroatoms. The number of esters is 1. The highest BCUT2D eigenvalue weighted by Crippen LogP contribution is 2.07. The first kappa shape index (κ1) is 21.4. The van der Waals surface area contributed by atoms with Crippen LogP contribution < -0.4 is 5.48 Å². The Balaban J connectivity index is 3.41. The van der Waals surface area contributed by atoms with E-state index < -0.39 is 17.7 Å². The molecule has 0 saturated heterocycles. The molecular formula is C17H31NO5. The zero-order valence-electron chi connectivity index (χ0n) is 14.7. The van der Waals surface area contributed by atoms with Crippen LogP contribution in [0.1, 0.15) is 65.7 Å². The summed E-state index contributed by atoms with van der Waals surface area (Å²) in [4.78, 5) is 27.3. The molecule has 0 aromatic carbocycles. The number of hydroxylamine groups is 1. The molecule has 0 fully saturated rings. The van der Waals surface area contributed by atoms with Crippen LogP contribution in [0.5, 0.6) is 0 Å². The summed E-state index contributed by atoms with van der Waals surface area (Å²) in [5.74, 6) is -0.507. The van der Waals surface area contributed by atoms with Crippen molar-refractivity contribution >= 4 is 12.1 Å². The molecule has 0 atom stereocenters. The molecule has 23 heavy (non-hydrogen) atoms. The molecule has 1 N–H and O–H groups in total. The maximum atomic E-state index is 11.4. The zero-order chi connectivity index (χ0) is 17.6. The lowest BCUT2D eigenvalue weighted by molar-refractivity contribution is -0.151. The Morgan fingerprint density at radius 1 is 1.04 bits per heavy atom. The fourth-order valence-corrected chi connectivity index (χ4v) is 1.78. The van der Waals surface area contributed by atoms with Gasteiger partial charge < -0.3 is 9.47 Å². The number of amides is 1. The smallest absolute Gasteiger partial charge is 0.431 e. The fraction of sp³-hybridized carbons (Fsp3) is 0.765. The van der Waals surface area contributed by atoms with Gasteiger partial charge in [0.1, 0.15) is 5.60 Å². The highest BCUT2D eigenvalue weighted by molar-refractivity contribution is 5.71. The first-order chi connectivity index (χ1) is 10.8. The molecule has 0 unspecified atom stereocenters. The lowest BCUT2D eigenvalue weighted by Gasteiger charge is -2.19. The predicted molar refractivity (Wildman–Crippen MR) is 88.8 cm³/mol. The largest absolute Gasteiger partial charge is 0.464 e. The van der Waals surface area contributed by atoms with Gasteiger partial charge >= 0.3 is 12.1 Å². The number of allylic oxidation sites excluding steroid dienone is 1. The van der Waals surface area contributed by atoms with E-state index in [0.717, 1.165) is 25.7 Å². The predicted octanol–water partition coefficient (Wildman–Crippen LogP) is 3.90. The molecule has 0 aromatic heterocycles. The summed E-state index contributed by atoms with van der Waals surface area (Å²) in [5.41, 5.74) is 1.42. The van der Waals surface area contributed by atoms with Crippen molar-refractivity contribution in [2.75, 3.05) is 13.2 Å². The van der Waals surface area contributed by atoms with Crippen molar-refractivity contribution in [3.05, 3.63) is 12.7 Å². The fourth-order valence-electron chi connectivity index (χ4n) is 1.78. The second kappa shape index (κ2) is 12.9. The molecule has 0 heterocycles. The number of carbonyl (C=O) groups excluding carboxylic acids is 2. The summed E-state index contributed by atoms with van der Waals surface area (Å²) in [6, 6.07) is 0. The summed E-state index contributed by atoms with van der Waals surface area (Å²) in [6.07, 6.45) is 8.92. The van der Waals surface area contributed by atoms with E-state index in [1.54, 1.807) is 20.8 Å². The third-order valence-electron chi connectivity index (χ3n) is 2.81. The van der Waals surface area contributed by atoms with Gasteiger partial charge in [0.25, 0.3) is 0 Å². The lowest BCUT2D eigenvalue weighted by Crippen LogP contribution is -2.34. The van der Waals surface area contributed by atoms with E-state index in [1.807, 2.05) is 11.6 Å². The van der Waals surface area contributed by atoms with Gasteiger partial charge in [-0.1, -0.05) is 31.8 Å². The Bertz CT molecular complexity index is 349. The van der Waals surface area contributed by atoms with E-state index in [2.05, 4.69) is 6.58 Å². The van der Waals surface area contributed by atoms with Crippen LogP contribution in [0.2, 0.25) is 0 Å². The minimum atomic E-state index is -0.734. The van der Waals surface area contributed by atoms with Crippen LogP contribution in [0, 0.1) is 0 Å². The number of hydrogen-bond acceptors (Lipinski definition) is 5. The number of carbonyl (C=O) groups is 2. The quantitative estimate of drug-likeness (QED) is 0.254. The average molecular weight is 329 g/mol. The number of ether oxygens (including phenoxy) is 2. The highest BCUT2D eigenvalue weighted by Gasteiger charge is 2.16. The van der Waals surface area contributed by atoms with Crippen molar-refractivity contribution in [1.82, 2.24) is 5.48 Å². The maximum Gasteiger partial charge on any atom is 0.431 e. The molecular weight excluding hydrogens is 298 g/mol. The van der Waals surface area contributed by atoms with Crippen molar-refractivity contribution < 1.29 is 23.9 Å². The van der Waals surface area contributed by atoms with Crippen molar-refractivity contribution in [3.63, 3.8) is 0 Å². The van der Waals surface area contributed by atoms with Crippen LogP contribution >= 0.6 is 0 Å². The Hall–Kier alpha value is -1.56. The number of nitrogens with one attached hydrogen (secondary N) is 1. The van der Waals surface area contributed by atoms with E-state index in [4.69, 9.17) is 14.3 Å². The Morgan fingerprint density at radius 2 is 1.65 bits per heavy atom. The lowest BCUT2D eigenvalue weighted by atomic mass is 10.1. The van der Waals surface area contributed by atoms with E-state index in [1.165, 1.54) is 19.3 Å². The maximum absolute atomic E-state index is 11.4. The number of hydrogen-bond donors (Lipinski definition) is 1. The summed E-state index contributed by atoms with van der Waals surface area (Å²) < 4.78 is 9.95. The topological polar surface area (TPSA) is 73.9 Å². The van der Waals surface area contributed by atoms with Crippen molar-refractivity contribution in [2.45, 2.75) is 71.3 Å². The highest BCUT2D eigenvalue weighted by atomic mass is 16.7. The van der Waals surface area contributed by atoms with Crippen molar-refractivity contribution in [1.29, 1.82) is 0 Å². The Morgan fingerprint density at radius 3 is 2.26 bits per heavy atom. The summed E-state index contributed by atoms with van der Waals surface area (Å²) >= 11 is 0. The molecule has 0 aliphatic carbocycles. The summed E-state index contributed by atoms with van der Waals surface area (Å²) in [6.45, 7) is 8.95. The molecule has 0 radical (unpaired) electrons. The van der Waals surface area contributed by atoms with E-state index in [9.17, 15) is 9.59 Å². The van der Waals surface area contributed by atoms with Gasteiger partial charge in [-0.25, -0.2) is 9.59 Å². The van der Waals surface area contributed by atoms with Gasteiger partial charge in [0.15, 0.2) is 6.61 Å². The molecule has 0 spiro atoms. The van der Waals surface area contributed by atoms with Gasteiger partial charge in [-0.3, -0.25) is 4.84 Å². The van der Waals surface area contributed by atoms with Crippen LogP contribution in [0.25, 0.3) is 0 Å². The molecule has 0 aliphatic rings. The first-order valence-corrected chi connectivity index (χ1v) is 8.22. The van der Waals surface area contributed by atoms with Crippen LogP contribution in [-0.2, 0) is 19.1 Å². The van der Waals surface area contributed by atoms with Crippen LogP contribution in [0.3, 0.4) is 0 Å². The number of rotatable bonds is 12. The third-order valence-corrected chi connectivity index (χ3v) is 2.81. The van der Waals surface area contributed by atoms with Gasteiger partial charge in [0.05, 0.1) is 6.61 Å². The Labute approximate surface area is 139 Å². The van der Waals surface area contributed by atoms with Crippen LogP contribution in [0.15, 0.2) is 12.7 Å². The molecule has 0 aliphatic heterocycles. The minimum Gasteiger partial charge on any atom is -0.464 e. The van der Waals surface area contributed by atoms with E-state index in [-0.39, 0.29) is 6.61 Å². The van der Waals surface area contributed by atoms with E-state index in [0.29, 0.717) is 6.61 Å². The molecule has 0 aromatic rings. The van der Waals surface area contributed by atoms with E-state index >= 15 is 0 Å². The van der Waals surface area contributed by atoms with Gasteiger partial charge in [0, 0.05) is 0 Å². The van der Waals surface area contributed by atoms with Gasteiger partial charge in [-0.15, -0.1) is 6.58 Å². The van der Waals surface area contributed by atoms with Crippen LogP contribution in [0.4, 0.5) is 4.79 Å². The minimum absolute atomic E-state index is 0.333. The zero-order valence-corrected chi connectivity index (χ0v) is 14.7. The summed E-state index contributed by atoms with van der Waals surface area (Å²) in [5, 5.41) is 0. The second-order valence-electron chi connectivity index (χ2n) is 6.31. The molecule has 0 rings (SSSR count). The second-order valence-corrected chi connectivity index (χ2v) is 6.31. The molecule has 134 valence electrons. The summed E-state index contributed by atoms with van der Waals surface area (Å²) in [7, 11) is 0.